The van der Waals surface area contributed by atoms with E-state index in [0.29, 0.717) is 24.6 Å². The van der Waals surface area contributed by atoms with E-state index in [4.69, 9.17) is 10.5 Å². The number of nitrogens with two attached hydrogens (primary N) is 1. The lowest BCUT2D eigenvalue weighted by atomic mass is 10.2. The first-order valence-corrected chi connectivity index (χ1v) is 7.04. The van der Waals surface area contributed by atoms with Crippen LogP contribution in [0.15, 0.2) is 12.1 Å². The highest BCUT2D eigenvalue weighted by molar-refractivity contribution is 7.14. The van der Waals surface area contributed by atoms with Gasteiger partial charge in [0.05, 0.1) is 28.9 Å². The van der Waals surface area contributed by atoms with Gasteiger partial charge < -0.3 is 15.4 Å². The number of hydrogen-bond acceptors (Lipinski definition) is 4. The van der Waals surface area contributed by atoms with Crippen molar-refractivity contribution in [1.29, 1.82) is 0 Å². The topological polar surface area (TPSA) is 55.6 Å². The van der Waals surface area contributed by atoms with Crippen molar-refractivity contribution in [3.63, 3.8) is 0 Å². The first kappa shape index (κ1) is 15.7. The average Bonchev–Trinajstić information content (AvgIpc) is 2.86. The van der Waals surface area contributed by atoms with Gasteiger partial charge in [0, 0.05) is 13.7 Å². The summed E-state index contributed by atoms with van der Waals surface area (Å²) < 4.78 is 5.10. The summed E-state index contributed by atoms with van der Waals surface area (Å²) in [5.41, 5.74) is 5.33. The van der Waals surface area contributed by atoms with E-state index in [1.807, 2.05) is 26.0 Å². The summed E-state index contributed by atoms with van der Waals surface area (Å²) in [5, 5.41) is 0. The fourth-order valence-corrected chi connectivity index (χ4v) is 2.62. The van der Waals surface area contributed by atoms with Crippen LogP contribution in [0.2, 0.25) is 0 Å². The van der Waals surface area contributed by atoms with Crippen LogP contribution >= 0.6 is 11.3 Å². The molecule has 0 bridgehead atoms. The molecule has 104 valence electrons. The van der Waals surface area contributed by atoms with Crippen LogP contribution in [0, 0.1) is 11.8 Å². The van der Waals surface area contributed by atoms with Gasteiger partial charge in [0.15, 0.2) is 0 Å². The molecule has 0 saturated carbocycles. The van der Waals surface area contributed by atoms with Gasteiger partial charge in [-0.25, -0.2) is 0 Å². The molecule has 0 aliphatic heterocycles. The molecule has 0 fully saturated rings. The summed E-state index contributed by atoms with van der Waals surface area (Å²) in [6.07, 6.45) is 0. The summed E-state index contributed by atoms with van der Waals surface area (Å²) in [6, 6.07) is 3.73. The van der Waals surface area contributed by atoms with Gasteiger partial charge in [-0.05, 0) is 26.0 Å². The van der Waals surface area contributed by atoms with Crippen molar-refractivity contribution >= 4 is 17.2 Å². The van der Waals surface area contributed by atoms with Crippen molar-refractivity contribution < 1.29 is 9.53 Å². The Bertz CT molecular complexity index is 473. The molecule has 1 amide bonds. The van der Waals surface area contributed by atoms with Crippen molar-refractivity contribution in [2.45, 2.75) is 19.9 Å². The van der Waals surface area contributed by atoms with E-state index in [1.165, 1.54) is 11.3 Å². The molecule has 1 rings (SSSR count). The number of methoxy groups -OCH3 is 1. The second-order valence-electron chi connectivity index (χ2n) is 4.07. The quantitative estimate of drug-likeness (QED) is 0.833. The SMILES string of the molecule is CCN(C(=O)c1ccc(C#CCN)s1)C(C)COC. The molecule has 0 aliphatic carbocycles. The maximum Gasteiger partial charge on any atom is 0.264 e. The van der Waals surface area contributed by atoms with Crippen molar-refractivity contribution in [2.75, 3.05) is 26.8 Å². The molecule has 1 atom stereocenters. The zero-order valence-corrected chi connectivity index (χ0v) is 12.4. The predicted molar refractivity (Wildman–Crippen MR) is 78.3 cm³/mol. The predicted octanol–water partition coefficient (Wildman–Crippen LogP) is 1.56. The molecule has 4 nitrogen and oxygen atoms in total. The molecule has 1 heterocycles. The molecule has 0 radical (unpaired) electrons. The number of ether oxygens (including phenoxy) is 1. The molecule has 1 unspecified atom stereocenters. The number of likely N-dealkylation sites (N-methyl/N-ethyl adjacent to an activating group) is 1. The largest absolute Gasteiger partial charge is 0.383 e. The lowest BCUT2D eigenvalue weighted by Gasteiger charge is -2.26. The van der Waals surface area contributed by atoms with Crippen molar-refractivity contribution in [3.8, 4) is 11.8 Å². The first-order valence-electron chi connectivity index (χ1n) is 6.22. The molecule has 19 heavy (non-hydrogen) atoms. The summed E-state index contributed by atoms with van der Waals surface area (Å²) in [6.45, 7) is 5.46. The fourth-order valence-electron chi connectivity index (χ4n) is 1.79. The second kappa shape index (κ2) is 7.95. The van der Waals surface area contributed by atoms with E-state index < -0.39 is 0 Å². The molecule has 0 saturated heterocycles. The lowest BCUT2D eigenvalue weighted by molar-refractivity contribution is 0.0584. The molecule has 5 heteroatoms. The normalized spacial score (nSPS) is 11.6. The average molecular weight is 280 g/mol. The molecular formula is C14H20N2O2S. The van der Waals surface area contributed by atoms with Crippen LogP contribution in [0.3, 0.4) is 0 Å². The maximum atomic E-state index is 12.4. The zero-order chi connectivity index (χ0) is 14.3. The molecule has 1 aromatic heterocycles. The monoisotopic (exact) mass is 280 g/mol. The smallest absolute Gasteiger partial charge is 0.264 e. The molecule has 0 aromatic carbocycles. The Labute approximate surface area is 118 Å². The third-order valence-electron chi connectivity index (χ3n) is 2.67. The van der Waals surface area contributed by atoms with E-state index in [-0.39, 0.29) is 11.9 Å². The van der Waals surface area contributed by atoms with Crippen LogP contribution in [0.5, 0.6) is 0 Å². The maximum absolute atomic E-state index is 12.4. The van der Waals surface area contributed by atoms with E-state index in [2.05, 4.69) is 11.8 Å². The summed E-state index contributed by atoms with van der Waals surface area (Å²) in [5.74, 6) is 5.75. The number of carbonyl (C=O) groups is 1. The van der Waals surface area contributed by atoms with Gasteiger partial charge in [-0.3, -0.25) is 4.79 Å². The number of rotatable bonds is 5. The minimum absolute atomic E-state index is 0.0258. The summed E-state index contributed by atoms with van der Waals surface area (Å²) in [7, 11) is 1.64. The summed E-state index contributed by atoms with van der Waals surface area (Å²) >= 11 is 1.40. The highest BCUT2D eigenvalue weighted by Crippen LogP contribution is 2.18. The summed E-state index contributed by atoms with van der Waals surface area (Å²) in [4.78, 5) is 15.8. The number of hydrogen-bond donors (Lipinski definition) is 1. The van der Waals surface area contributed by atoms with Crippen LogP contribution in [-0.4, -0.2) is 43.7 Å². The Kier molecular flexibility index (Phi) is 6.57. The number of amides is 1. The third-order valence-corrected chi connectivity index (χ3v) is 3.66. The van der Waals surface area contributed by atoms with Gasteiger partial charge in [0.2, 0.25) is 0 Å². The molecule has 1 aromatic rings. The third kappa shape index (κ3) is 4.35. The lowest BCUT2D eigenvalue weighted by Crippen LogP contribution is -2.40. The number of thiophene rings is 1. The van der Waals surface area contributed by atoms with E-state index in [0.717, 1.165) is 4.88 Å². The van der Waals surface area contributed by atoms with Crippen LogP contribution in [0.1, 0.15) is 28.4 Å². The minimum atomic E-state index is 0.0258. The van der Waals surface area contributed by atoms with Gasteiger partial charge >= 0.3 is 0 Å². The van der Waals surface area contributed by atoms with Gasteiger partial charge in [0.25, 0.3) is 5.91 Å². The van der Waals surface area contributed by atoms with Crippen LogP contribution in [0.25, 0.3) is 0 Å². The van der Waals surface area contributed by atoms with Gasteiger partial charge in [-0.15, -0.1) is 11.3 Å². The van der Waals surface area contributed by atoms with Crippen LogP contribution in [0.4, 0.5) is 0 Å². The molecule has 0 spiro atoms. The molecule has 0 aliphatic rings. The highest BCUT2D eigenvalue weighted by Gasteiger charge is 2.21. The van der Waals surface area contributed by atoms with Crippen LogP contribution < -0.4 is 5.73 Å². The molecular weight excluding hydrogens is 260 g/mol. The highest BCUT2D eigenvalue weighted by atomic mass is 32.1. The van der Waals surface area contributed by atoms with Crippen molar-refractivity contribution in [3.05, 3.63) is 21.9 Å². The Morgan fingerprint density at radius 2 is 2.32 bits per heavy atom. The first-order chi connectivity index (χ1) is 9.13. The fraction of sp³-hybridized carbons (Fsp3) is 0.500. The van der Waals surface area contributed by atoms with Crippen molar-refractivity contribution in [1.82, 2.24) is 4.90 Å². The Morgan fingerprint density at radius 1 is 1.58 bits per heavy atom. The minimum Gasteiger partial charge on any atom is -0.383 e. The van der Waals surface area contributed by atoms with Crippen molar-refractivity contribution in [2.24, 2.45) is 5.73 Å². The Hall–Kier alpha value is -1.35. The zero-order valence-electron chi connectivity index (χ0n) is 11.6. The van der Waals surface area contributed by atoms with Gasteiger partial charge in [0.1, 0.15) is 0 Å². The van der Waals surface area contributed by atoms with E-state index in [9.17, 15) is 4.79 Å². The molecule has 2 N–H and O–H groups in total. The van der Waals surface area contributed by atoms with E-state index >= 15 is 0 Å². The van der Waals surface area contributed by atoms with E-state index in [1.54, 1.807) is 12.0 Å². The standard InChI is InChI=1S/C14H20N2O2S/c1-4-16(11(2)10-18-3)14(17)13-8-7-12(19-13)6-5-9-15/h7-8,11H,4,9-10,15H2,1-3H3. The number of carbonyl (C=O) groups excluding carboxylic acids is 1. The Balaban J connectivity index is 2.82. The van der Waals surface area contributed by atoms with Gasteiger partial charge in [-0.1, -0.05) is 11.8 Å². The van der Waals surface area contributed by atoms with Crippen LogP contribution in [-0.2, 0) is 4.74 Å². The Morgan fingerprint density at radius 3 is 2.89 bits per heavy atom. The number of nitrogens with zero attached hydrogens (tertiary/aromatic N) is 1. The second-order valence-corrected chi connectivity index (χ2v) is 5.15. The van der Waals surface area contributed by atoms with Gasteiger partial charge in [-0.2, -0.15) is 0 Å².